The molecule has 0 spiro atoms. The van der Waals surface area contributed by atoms with E-state index in [9.17, 15) is 5.26 Å². The SMILES string of the molecule is CCCNC1(C#N)CCCC1CCSc1nccs1. The van der Waals surface area contributed by atoms with Crippen molar-refractivity contribution in [1.82, 2.24) is 10.3 Å². The second-order valence-corrected chi connectivity index (χ2v) is 7.27. The zero-order valence-electron chi connectivity index (χ0n) is 11.4. The first-order chi connectivity index (χ1) is 9.30. The zero-order chi connectivity index (χ0) is 13.6. The van der Waals surface area contributed by atoms with Crippen LogP contribution in [0.1, 0.15) is 39.0 Å². The van der Waals surface area contributed by atoms with Gasteiger partial charge in [0.1, 0.15) is 9.88 Å². The third kappa shape index (κ3) is 3.71. The molecule has 1 aliphatic carbocycles. The van der Waals surface area contributed by atoms with Gasteiger partial charge >= 0.3 is 0 Å². The van der Waals surface area contributed by atoms with Gasteiger partial charge in [-0.25, -0.2) is 4.98 Å². The van der Waals surface area contributed by atoms with E-state index in [-0.39, 0.29) is 5.54 Å². The molecule has 0 amide bonds. The highest BCUT2D eigenvalue weighted by Crippen LogP contribution is 2.38. The van der Waals surface area contributed by atoms with Gasteiger partial charge in [0.2, 0.25) is 0 Å². The smallest absolute Gasteiger partial charge is 0.149 e. The normalized spacial score (nSPS) is 26.4. The lowest BCUT2D eigenvalue weighted by Crippen LogP contribution is -2.47. The number of nitrogens with one attached hydrogen (secondary N) is 1. The van der Waals surface area contributed by atoms with Gasteiger partial charge in [0.25, 0.3) is 0 Å². The molecule has 1 aliphatic rings. The van der Waals surface area contributed by atoms with E-state index in [1.165, 1.54) is 12.8 Å². The minimum Gasteiger partial charge on any atom is -0.299 e. The van der Waals surface area contributed by atoms with Crippen molar-refractivity contribution in [2.24, 2.45) is 5.92 Å². The van der Waals surface area contributed by atoms with E-state index >= 15 is 0 Å². The maximum atomic E-state index is 9.57. The summed E-state index contributed by atoms with van der Waals surface area (Å²) in [5.74, 6) is 1.56. The standard InChI is InChI=1S/C14H21N3S2/c1-2-7-17-14(11-15)6-3-4-12(14)5-9-18-13-16-8-10-19-13/h8,10,12,17H,2-7,9H2,1H3. The molecule has 3 nitrogen and oxygen atoms in total. The van der Waals surface area contributed by atoms with Gasteiger partial charge in [-0.3, -0.25) is 5.32 Å². The molecule has 0 bridgehead atoms. The molecule has 1 saturated carbocycles. The van der Waals surface area contributed by atoms with Crippen molar-refractivity contribution in [1.29, 1.82) is 5.26 Å². The van der Waals surface area contributed by atoms with Crippen LogP contribution in [0.5, 0.6) is 0 Å². The summed E-state index contributed by atoms with van der Waals surface area (Å²) >= 11 is 3.52. The van der Waals surface area contributed by atoms with Crippen LogP contribution in [0.2, 0.25) is 0 Å². The van der Waals surface area contributed by atoms with E-state index in [2.05, 4.69) is 23.3 Å². The molecule has 1 fully saturated rings. The zero-order valence-corrected chi connectivity index (χ0v) is 13.0. The number of thioether (sulfide) groups is 1. The van der Waals surface area contributed by atoms with Gasteiger partial charge in [0.15, 0.2) is 0 Å². The lowest BCUT2D eigenvalue weighted by molar-refractivity contribution is 0.311. The molecule has 5 heteroatoms. The summed E-state index contributed by atoms with van der Waals surface area (Å²) in [5.41, 5.74) is -0.264. The topological polar surface area (TPSA) is 48.7 Å². The third-order valence-electron chi connectivity index (χ3n) is 3.81. The van der Waals surface area contributed by atoms with E-state index in [1.54, 1.807) is 11.3 Å². The molecule has 0 aromatic carbocycles. The number of hydrogen-bond acceptors (Lipinski definition) is 5. The number of rotatable bonds is 7. The Morgan fingerprint density at radius 3 is 3.26 bits per heavy atom. The first-order valence-corrected chi connectivity index (χ1v) is 8.86. The van der Waals surface area contributed by atoms with Crippen molar-refractivity contribution in [3.05, 3.63) is 11.6 Å². The minimum absolute atomic E-state index is 0.264. The van der Waals surface area contributed by atoms with E-state index < -0.39 is 0 Å². The molecule has 1 aromatic rings. The van der Waals surface area contributed by atoms with Crippen molar-refractivity contribution < 1.29 is 0 Å². The summed E-state index contributed by atoms with van der Waals surface area (Å²) < 4.78 is 1.14. The van der Waals surface area contributed by atoms with Crippen LogP contribution in [0.25, 0.3) is 0 Å². The fourth-order valence-electron chi connectivity index (χ4n) is 2.81. The lowest BCUT2D eigenvalue weighted by Gasteiger charge is -2.29. The monoisotopic (exact) mass is 295 g/mol. The average molecular weight is 295 g/mol. The van der Waals surface area contributed by atoms with Gasteiger partial charge in [-0.1, -0.05) is 25.1 Å². The molecule has 1 heterocycles. The highest BCUT2D eigenvalue weighted by atomic mass is 32.2. The lowest BCUT2D eigenvalue weighted by atomic mass is 9.86. The van der Waals surface area contributed by atoms with Crippen molar-refractivity contribution in [3.63, 3.8) is 0 Å². The summed E-state index contributed by atoms with van der Waals surface area (Å²) in [7, 11) is 0. The summed E-state index contributed by atoms with van der Waals surface area (Å²) in [4.78, 5) is 4.29. The average Bonchev–Trinajstić information content (AvgIpc) is 3.07. The molecule has 0 radical (unpaired) electrons. The number of thiazole rings is 1. The van der Waals surface area contributed by atoms with Gasteiger partial charge < -0.3 is 0 Å². The molecule has 2 atom stereocenters. The van der Waals surface area contributed by atoms with Crippen LogP contribution < -0.4 is 5.32 Å². The Hall–Kier alpha value is -0.570. The van der Waals surface area contributed by atoms with E-state index in [0.29, 0.717) is 5.92 Å². The predicted octanol–water partition coefficient (Wildman–Crippen LogP) is 3.69. The number of nitrogens with zero attached hydrogens (tertiary/aromatic N) is 2. The highest BCUT2D eigenvalue weighted by Gasteiger charge is 2.42. The second kappa shape index (κ2) is 7.28. The summed E-state index contributed by atoms with van der Waals surface area (Å²) in [5, 5.41) is 15.1. The van der Waals surface area contributed by atoms with Gasteiger partial charge in [0, 0.05) is 17.3 Å². The maximum Gasteiger partial charge on any atom is 0.149 e. The summed E-state index contributed by atoms with van der Waals surface area (Å²) in [6.07, 6.45) is 7.42. The Labute approximate surface area is 123 Å². The molecule has 2 rings (SSSR count). The van der Waals surface area contributed by atoms with Crippen molar-refractivity contribution >= 4 is 23.1 Å². The largest absolute Gasteiger partial charge is 0.299 e. The Morgan fingerprint density at radius 2 is 2.58 bits per heavy atom. The number of hydrogen-bond donors (Lipinski definition) is 1. The molecule has 0 saturated heterocycles. The molecule has 19 heavy (non-hydrogen) atoms. The molecule has 2 unspecified atom stereocenters. The Bertz CT molecular complexity index is 413. The Morgan fingerprint density at radius 1 is 1.68 bits per heavy atom. The van der Waals surface area contributed by atoms with E-state index in [1.807, 2.05) is 23.3 Å². The van der Waals surface area contributed by atoms with Crippen LogP contribution in [-0.2, 0) is 0 Å². The number of nitriles is 1. The maximum absolute atomic E-state index is 9.57. The van der Waals surface area contributed by atoms with Crippen LogP contribution in [-0.4, -0.2) is 22.8 Å². The van der Waals surface area contributed by atoms with Crippen molar-refractivity contribution in [3.8, 4) is 6.07 Å². The van der Waals surface area contributed by atoms with Crippen molar-refractivity contribution in [2.75, 3.05) is 12.3 Å². The van der Waals surface area contributed by atoms with E-state index in [0.717, 1.165) is 35.9 Å². The second-order valence-electron chi connectivity index (χ2n) is 5.03. The Kier molecular flexibility index (Phi) is 5.68. The molecule has 1 N–H and O–H groups in total. The first kappa shape index (κ1) is 14.8. The highest BCUT2D eigenvalue weighted by molar-refractivity contribution is 8.00. The molecular weight excluding hydrogens is 274 g/mol. The molecule has 1 aromatic heterocycles. The van der Waals surface area contributed by atoms with Crippen LogP contribution in [0.15, 0.2) is 15.9 Å². The van der Waals surface area contributed by atoms with Gasteiger partial charge in [0.05, 0.1) is 6.07 Å². The molecular formula is C14H21N3S2. The van der Waals surface area contributed by atoms with Crippen LogP contribution in [0.3, 0.4) is 0 Å². The molecule has 0 aliphatic heterocycles. The summed E-state index contributed by atoms with van der Waals surface area (Å²) in [6.45, 7) is 3.10. The number of aromatic nitrogens is 1. The fourth-order valence-corrected chi connectivity index (χ4v) is 4.57. The van der Waals surface area contributed by atoms with Crippen LogP contribution in [0.4, 0.5) is 0 Å². The van der Waals surface area contributed by atoms with Gasteiger partial charge in [-0.15, -0.1) is 11.3 Å². The third-order valence-corrected chi connectivity index (χ3v) is 5.81. The fraction of sp³-hybridized carbons (Fsp3) is 0.714. The van der Waals surface area contributed by atoms with Gasteiger partial charge in [-0.2, -0.15) is 5.26 Å². The minimum atomic E-state index is -0.264. The Balaban J connectivity index is 1.85. The van der Waals surface area contributed by atoms with Gasteiger partial charge in [-0.05, 0) is 38.1 Å². The summed E-state index contributed by atoms with van der Waals surface area (Å²) in [6, 6.07) is 2.57. The first-order valence-electron chi connectivity index (χ1n) is 6.99. The van der Waals surface area contributed by atoms with Crippen LogP contribution >= 0.6 is 23.1 Å². The van der Waals surface area contributed by atoms with Crippen molar-refractivity contribution in [2.45, 2.75) is 48.9 Å². The predicted molar refractivity (Wildman–Crippen MR) is 81.4 cm³/mol. The van der Waals surface area contributed by atoms with Crippen LogP contribution in [0, 0.1) is 17.2 Å². The van der Waals surface area contributed by atoms with E-state index in [4.69, 9.17) is 0 Å². The quantitative estimate of drug-likeness (QED) is 0.779. The molecule has 104 valence electrons.